The third-order valence-corrected chi connectivity index (χ3v) is 3.68. The summed E-state index contributed by atoms with van der Waals surface area (Å²) in [5.74, 6) is -0.579. The Morgan fingerprint density at radius 1 is 1.26 bits per heavy atom. The first-order valence-corrected chi connectivity index (χ1v) is 7.44. The van der Waals surface area contributed by atoms with E-state index in [2.05, 4.69) is 0 Å². The first-order valence-electron chi connectivity index (χ1n) is 7.06. The van der Waals surface area contributed by atoms with Gasteiger partial charge in [-0.2, -0.15) is 0 Å². The Labute approximate surface area is 135 Å². The second-order valence-electron chi connectivity index (χ2n) is 5.36. The second-order valence-corrected chi connectivity index (χ2v) is 5.77. The zero-order valence-electron chi connectivity index (χ0n) is 12.6. The number of rotatable bonds is 3. The molecule has 124 valence electrons. The highest BCUT2D eigenvalue weighted by atomic mass is 35.5. The van der Waals surface area contributed by atoms with Crippen LogP contribution in [-0.2, 0) is 18.0 Å². The van der Waals surface area contributed by atoms with Crippen LogP contribution in [0.25, 0.3) is 5.69 Å². The van der Waals surface area contributed by atoms with Gasteiger partial charge in [-0.15, -0.1) is 0 Å². The van der Waals surface area contributed by atoms with Crippen molar-refractivity contribution in [1.82, 2.24) is 13.9 Å². The number of fused-ring (bicyclic) bond motifs is 1. The van der Waals surface area contributed by atoms with Gasteiger partial charge < -0.3 is 9.47 Å². The lowest BCUT2D eigenvalue weighted by Crippen LogP contribution is -2.33. The van der Waals surface area contributed by atoms with Crippen molar-refractivity contribution in [3.63, 3.8) is 0 Å². The molecule has 0 saturated heterocycles. The van der Waals surface area contributed by atoms with E-state index >= 15 is 0 Å². The summed E-state index contributed by atoms with van der Waals surface area (Å²) in [7, 11) is 0. The van der Waals surface area contributed by atoms with Gasteiger partial charge in [0.1, 0.15) is 18.3 Å². The molecule has 1 aromatic carbocycles. The highest BCUT2D eigenvalue weighted by Gasteiger charge is 2.23. The summed E-state index contributed by atoms with van der Waals surface area (Å²) in [4.78, 5) is 24.8. The fourth-order valence-corrected chi connectivity index (χ4v) is 2.60. The number of halogens is 2. The molecule has 2 heterocycles. The summed E-state index contributed by atoms with van der Waals surface area (Å²) in [6.45, 7) is 4.06. The fraction of sp³-hybridized carbons (Fsp3) is 0.429. The minimum absolute atomic E-state index is 0.0500. The van der Waals surface area contributed by atoms with E-state index in [-0.39, 0.29) is 35.8 Å². The summed E-state index contributed by atoms with van der Waals surface area (Å²) in [5.41, 5.74) is -1.50. The van der Waals surface area contributed by atoms with Crippen LogP contribution in [0.4, 0.5) is 4.39 Å². The molecule has 0 fully saturated rings. The molecule has 0 atom stereocenters. The topological polar surface area (TPSA) is 67.4 Å². The van der Waals surface area contributed by atoms with Gasteiger partial charge in [-0.1, -0.05) is 11.6 Å². The first-order chi connectivity index (χ1) is 10.9. The zero-order valence-corrected chi connectivity index (χ0v) is 13.3. The molecule has 2 aromatic rings. The van der Waals surface area contributed by atoms with E-state index in [1.807, 2.05) is 0 Å². The Hall–Kier alpha value is -2.06. The van der Waals surface area contributed by atoms with E-state index in [9.17, 15) is 14.0 Å². The van der Waals surface area contributed by atoms with Crippen LogP contribution >= 0.6 is 11.6 Å². The van der Waals surface area contributed by atoms with E-state index in [0.29, 0.717) is 6.61 Å². The van der Waals surface area contributed by atoms with Gasteiger partial charge >= 0.3 is 11.4 Å². The van der Waals surface area contributed by atoms with Crippen LogP contribution in [0, 0.1) is 5.82 Å². The predicted molar refractivity (Wildman–Crippen MR) is 81.0 cm³/mol. The zero-order chi connectivity index (χ0) is 16.7. The predicted octanol–water partition coefficient (Wildman–Crippen LogP) is 1.37. The third kappa shape index (κ3) is 2.68. The van der Waals surface area contributed by atoms with E-state index in [0.717, 1.165) is 15.3 Å². The molecule has 0 bridgehead atoms. The molecule has 1 aliphatic rings. The van der Waals surface area contributed by atoms with Crippen LogP contribution in [0.3, 0.4) is 0 Å². The van der Waals surface area contributed by atoms with Gasteiger partial charge in [0, 0.05) is 6.07 Å². The van der Waals surface area contributed by atoms with Crippen molar-refractivity contribution in [2.24, 2.45) is 0 Å². The highest BCUT2D eigenvalue weighted by molar-refractivity contribution is 6.32. The molecule has 0 N–H and O–H groups in total. The molecular weight excluding hydrogens is 329 g/mol. The average molecular weight is 344 g/mol. The molecular formula is C14H15ClFN3O4. The van der Waals surface area contributed by atoms with Crippen molar-refractivity contribution >= 4 is 11.6 Å². The van der Waals surface area contributed by atoms with E-state index < -0.39 is 17.2 Å². The Bertz CT molecular complexity index is 831. The second kappa shape index (κ2) is 5.86. The molecule has 23 heavy (non-hydrogen) atoms. The standard InChI is InChI=1S/C14H15ClFN3O4/c1-8(2)23-12-6-11(10(16)5-9(12)15)19-13(20)17-3-4-22-7-18(17)14(19)21/h5-6,8H,3-4,7H2,1-2H3. The van der Waals surface area contributed by atoms with E-state index in [1.165, 1.54) is 10.7 Å². The monoisotopic (exact) mass is 343 g/mol. The van der Waals surface area contributed by atoms with Crippen molar-refractivity contribution in [3.05, 3.63) is 43.9 Å². The number of benzene rings is 1. The van der Waals surface area contributed by atoms with Gasteiger partial charge in [0.05, 0.1) is 30.0 Å². The smallest absolute Gasteiger partial charge is 0.354 e. The lowest BCUT2D eigenvalue weighted by atomic mass is 10.2. The van der Waals surface area contributed by atoms with Gasteiger partial charge in [-0.05, 0) is 19.9 Å². The molecule has 3 rings (SSSR count). The van der Waals surface area contributed by atoms with E-state index in [4.69, 9.17) is 21.1 Å². The maximum atomic E-state index is 14.3. The molecule has 0 aliphatic carbocycles. The normalized spacial score (nSPS) is 14.1. The molecule has 7 nitrogen and oxygen atoms in total. The maximum Gasteiger partial charge on any atom is 0.354 e. The van der Waals surface area contributed by atoms with Crippen LogP contribution in [0.2, 0.25) is 5.02 Å². The number of ether oxygens (including phenoxy) is 2. The Morgan fingerprint density at radius 2 is 1.96 bits per heavy atom. The van der Waals surface area contributed by atoms with Crippen molar-refractivity contribution in [1.29, 1.82) is 0 Å². The number of hydrogen-bond acceptors (Lipinski definition) is 4. The number of aromatic nitrogens is 3. The van der Waals surface area contributed by atoms with Gasteiger partial charge in [0.15, 0.2) is 0 Å². The Balaban J connectivity index is 2.22. The average Bonchev–Trinajstić information content (AvgIpc) is 2.74. The summed E-state index contributed by atoms with van der Waals surface area (Å²) >= 11 is 5.95. The molecule has 9 heteroatoms. The molecule has 0 amide bonds. The molecule has 1 aromatic heterocycles. The lowest BCUT2D eigenvalue weighted by molar-refractivity contribution is 0.0119. The van der Waals surface area contributed by atoms with Crippen LogP contribution in [0.5, 0.6) is 5.75 Å². The minimum Gasteiger partial charge on any atom is -0.489 e. The number of nitrogens with zero attached hydrogens (tertiary/aromatic N) is 3. The van der Waals surface area contributed by atoms with Crippen molar-refractivity contribution in [3.8, 4) is 11.4 Å². The van der Waals surface area contributed by atoms with Crippen molar-refractivity contribution in [2.45, 2.75) is 33.2 Å². The van der Waals surface area contributed by atoms with Crippen molar-refractivity contribution < 1.29 is 13.9 Å². The summed E-state index contributed by atoms with van der Waals surface area (Å²) in [5, 5.41) is 0.0698. The van der Waals surface area contributed by atoms with Crippen LogP contribution in [0.1, 0.15) is 13.8 Å². The van der Waals surface area contributed by atoms with Gasteiger partial charge in [0.2, 0.25) is 0 Å². The quantitative estimate of drug-likeness (QED) is 0.844. The Kier molecular flexibility index (Phi) is 4.03. The summed E-state index contributed by atoms with van der Waals surface area (Å²) in [6.07, 6.45) is -0.195. The molecule has 0 spiro atoms. The molecule has 1 aliphatic heterocycles. The fourth-order valence-electron chi connectivity index (χ4n) is 2.40. The summed E-state index contributed by atoms with van der Waals surface area (Å²) in [6, 6.07) is 2.28. The molecule has 0 unspecified atom stereocenters. The number of hydrogen-bond donors (Lipinski definition) is 0. The van der Waals surface area contributed by atoms with Gasteiger partial charge in [-0.25, -0.2) is 27.9 Å². The van der Waals surface area contributed by atoms with Crippen LogP contribution < -0.4 is 16.1 Å². The van der Waals surface area contributed by atoms with Gasteiger partial charge in [-0.3, -0.25) is 0 Å². The van der Waals surface area contributed by atoms with Crippen LogP contribution in [-0.4, -0.2) is 26.6 Å². The summed E-state index contributed by atoms with van der Waals surface area (Å²) < 4.78 is 28.0. The highest BCUT2D eigenvalue weighted by Crippen LogP contribution is 2.29. The maximum absolute atomic E-state index is 14.3. The lowest BCUT2D eigenvalue weighted by Gasteiger charge is -2.14. The van der Waals surface area contributed by atoms with Crippen LogP contribution in [0.15, 0.2) is 21.7 Å². The third-order valence-electron chi connectivity index (χ3n) is 3.38. The van der Waals surface area contributed by atoms with Crippen molar-refractivity contribution in [2.75, 3.05) is 6.61 Å². The molecule has 0 saturated carbocycles. The first kappa shape index (κ1) is 15.8. The van der Waals surface area contributed by atoms with E-state index in [1.54, 1.807) is 13.8 Å². The Morgan fingerprint density at radius 3 is 2.61 bits per heavy atom. The minimum atomic E-state index is -0.783. The molecule has 0 radical (unpaired) electrons. The largest absolute Gasteiger partial charge is 0.489 e. The SMILES string of the molecule is CC(C)Oc1cc(-n2c(=O)n3n(c2=O)COCC3)c(F)cc1Cl. The van der Waals surface area contributed by atoms with Gasteiger partial charge in [0.25, 0.3) is 0 Å².